The topological polar surface area (TPSA) is 41.1 Å². The smallest absolute Gasteiger partial charge is 0.223 e. The van der Waals surface area contributed by atoms with E-state index in [4.69, 9.17) is 0 Å². The number of hydrogen-bond acceptors (Lipinski definition) is 2. The van der Waals surface area contributed by atoms with Crippen LogP contribution in [-0.4, -0.2) is 18.5 Å². The van der Waals surface area contributed by atoms with E-state index in [9.17, 15) is 4.79 Å². The highest BCUT2D eigenvalue weighted by atomic mass is 16.1. The first-order valence-electron chi connectivity index (χ1n) is 9.85. The van der Waals surface area contributed by atoms with Gasteiger partial charge in [0.05, 0.1) is 6.04 Å². The molecule has 138 valence electrons. The maximum absolute atomic E-state index is 12.8. The van der Waals surface area contributed by atoms with Crippen molar-refractivity contribution in [2.75, 3.05) is 6.54 Å². The van der Waals surface area contributed by atoms with Gasteiger partial charge >= 0.3 is 0 Å². The minimum absolute atomic E-state index is 0.0950. The van der Waals surface area contributed by atoms with Crippen molar-refractivity contribution in [2.24, 2.45) is 5.92 Å². The van der Waals surface area contributed by atoms with Gasteiger partial charge in [0.15, 0.2) is 0 Å². The van der Waals surface area contributed by atoms with Crippen LogP contribution in [0.15, 0.2) is 60.7 Å². The lowest BCUT2D eigenvalue weighted by Crippen LogP contribution is -2.43. The third-order valence-electron chi connectivity index (χ3n) is 5.31. The second-order valence-corrected chi connectivity index (χ2v) is 7.43. The standard InChI is InChI=1S/C23H30N2O/c1-18-17-21(15-16-24-18)23(26)25-22(20-12-6-3-7-13-20)14-8-11-19-9-4-2-5-10-19/h2-7,9-10,12-13,18,21-22,24H,8,11,14-17H2,1H3,(H,25,26)/t18-,21-,22?/m0/s1. The van der Waals surface area contributed by atoms with E-state index in [2.05, 4.69) is 72.2 Å². The molecule has 3 atom stereocenters. The van der Waals surface area contributed by atoms with Gasteiger partial charge in [-0.05, 0) is 56.7 Å². The maximum atomic E-state index is 12.8. The van der Waals surface area contributed by atoms with Gasteiger partial charge in [0.2, 0.25) is 5.91 Å². The Morgan fingerprint density at radius 1 is 1.12 bits per heavy atom. The van der Waals surface area contributed by atoms with Crippen molar-refractivity contribution in [2.45, 2.75) is 51.1 Å². The van der Waals surface area contributed by atoms with E-state index in [1.807, 2.05) is 6.07 Å². The molecule has 1 heterocycles. The van der Waals surface area contributed by atoms with E-state index < -0.39 is 0 Å². The maximum Gasteiger partial charge on any atom is 0.223 e. The molecule has 0 saturated carbocycles. The lowest BCUT2D eigenvalue weighted by Gasteiger charge is -2.29. The fourth-order valence-corrected chi connectivity index (χ4v) is 3.82. The minimum atomic E-state index is 0.0950. The Balaban J connectivity index is 1.61. The molecule has 3 rings (SSSR count). The van der Waals surface area contributed by atoms with Gasteiger partial charge < -0.3 is 10.6 Å². The number of carbonyl (C=O) groups is 1. The van der Waals surface area contributed by atoms with Crippen molar-refractivity contribution in [3.63, 3.8) is 0 Å². The average molecular weight is 351 g/mol. The lowest BCUT2D eigenvalue weighted by atomic mass is 9.91. The summed E-state index contributed by atoms with van der Waals surface area (Å²) in [7, 11) is 0. The summed E-state index contributed by atoms with van der Waals surface area (Å²) in [5.74, 6) is 0.346. The predicted molar refractivity (Wildman–Crippen MR) is 107 cm³/mol. The highest BCUT2D eigenvalue weighted by molar-refractivity contribution is 5.79. The zero-order valence-electron chi connectivity index (χ0n) is 15.7. The Bertz CT molecular complexity index is 671. The van der Waals surface area contributed by atoms with Crippen molar-refractivity contribution in [1.29, 1.82) is 0 Å². The molecular weight excluding hydrogens is 320 g/mol. The molecule has 0 aromatic heterocycles. The summed E-state index contributed by atoms with van der Waals surface area (Å²) in [4.78, 5) is 12.8. The van der Waals surface area contributed by atoms with Crippen LogP contribution in [0, 0.1) is 5.92 Å². The number of hydrogen-bond donors (Lipinski definition) is 2. The predicted octanol–water partition coefficient (Wildman–Crippen LogP) is 4.25. The molecule has 1 fully saturated rings. The molecule has 1 saturated heterocycles. The molecule has 1 amide bonds. The summed E-state index contributed by atoms with van der Waals surface area (Å²) in [6, 6.07) is 21.5. The first kappa shape index (κ1) is 18.7. The zero-order valence-corrected chi connectivity index (χ0v) is 15.7. The number of carbonyl (C=O) groups excluding carboxylic acids is 1. The van der Waals surface area contributed by atoms with Crippen LogP contribution < -0.4 is 10.6 Å². The van der Waals surface area contributed by atoms with Crippen molar-refractivity contribution in [3.8, 4) is 0 Å². The largest absolute Gasteiger partial charge is 0.349 e. The van der Waals surface area contributed by atoms with Crippen molar-refractivity contribution >= 4 is 5.91 Å². The van der Waals surface area contributed by atoms with Gasteiger partial charge in [0.25, 0.3) is 0 Å². The SMILES string of the molecule is C[C@H]1C[C@@H](C(=O)NC(CCCc2ccccc2)c2ccccc2)CCN1. The Hall–Kier alpha value is -2.13. The highest BCUT2D eigenvalue weighted by Crippen LogP contribution is 2.23. The number of piperidine rings is 1. The van der Waals surface area contributed by atoms with Crippen LogP contribution in [0.5, 0.6) is 0 Å². The fourth-order valence-electron chi connectivity index (χ4n) is 3.82. The van der Waals surface area contributed by atoms with E-state index in [1.54, 1.807) is 0 Å². The van der Waals surface area contributed by atoms with Gasteiger partial charge in [-0.15, -0.1) is 0 Å². The molecule has 1 unspecified atom stereocenters. The third kappa shape index (κ3) is 5.43. The van der Waals surface area contributed by atoms with Crippen LogP contribution >= 0.6 is 0 Å². The summed E-state index contributed by atoms with van der Waals surface area (Å²) in [6.07, 6.45) is 4.93. The third-order valence-corrected chi connectivity index (χ3v) is 5.31. The summed E-state index contributed by atoms with van der Waals surface area (Å²) < 4.78 is 0. The van der Waals surface area contributed by atoms with E-state index in [-0.39, 0.29) is 17.9 Å². The first-order chi connectivity index (χ1) is 12.7. The summed E-state index contributed by atoms with van der Waals surface area (Å²) >= 11 is 0. The van der Waals surface area contributed by atoms with Gasteiger partial charge in [0.1, 0.15) is 0 Å². The van der Waals surface area contributed by atoms with Crippen LogP contribution in [0.4, 0.5) is 0 Å². The van der Waals surface area contributed by atoms with E-state index in [0.717, 1.165) is 38.6 Å². The number of benzene rings is 2. The fraction of sp³-hybridized carbons (Fsp3) is 0.435. The van der Waals surface area contributed by atoms with Gasteiger partial charge in [-0.25, -0.2) is 0 Å². The molecule has 0 aliphatic carbocycles. The Kier molecular flexibility index (Phi) is 6.84. The monoisotopic (exact) mass is 350 g/mol. The van der Waals surface area contributed by atoms with Crippen molar-refractivity contribution < 1.29 is 4.79 Å². The quantitative estimate of drug-likeness (QED) is 0.783. The summed E-state index contributed by atoms with van der Waals surface area (Å²) in [5, 5.41) is 6.77. The minimum Gasteiger partial charge on any atom is -0.349 e. The molecule has 0 bridgehead atoms. The molecule has 1 aliphatic rings. The van der Waals surface area contributed by atoms with Crippen LogP contribution in [0.25, 0.3) is 0 Å². The zero-order chi connectivity index (χ0) is 18.2. The first-order valence-corrected chi connectivity index (χ1v) is 9.85. The highest BCUT2D eigenvalue weighted by Gasteiger charge is 2.26. The Morgan fingerprint density at radius 3 is 2.50 bits per heavy atom. The second kappa shape index (κ2) is 9.54. The number of aryl methyl sites for hydroxylation is 1. The van der Waals surface area contributed by atoms with Gasteiger partial charge in [0, 0.05) is 12.0 Å². The molecule has 2 aromatic rings. The molecule has 0 spiro atoms. The van der Waals surface area contributed by atoms with E-state index in [1.165, 1.54) is 11.1 Å². The lowest BCUT2D eigenvalue weighted by molar-refractivity contribution is -0.126. The Labute approximate surface area is 157 Å². The molecule has 3 nitrogen and oxygen atoms in total. The summed E-state index contributed by atoms with van der Waals surface area (Å²) in [6.45, 7) is 3.09. The summed E-state index contributed by atoms with van der Waals surface area (Å²) in [5.41, 5.74) is 2.56. The van der Waals surface area contributed by atoms with Crippen LogP contribution in [-0.2, 0) is 11.2 Å². The number of rotatable bonds is 7. The second-order valence-electron chi connectivity index (χ2n) is 7.43. The van der Waals surface area contributed by atoms with Gasteiger partial charge in [-0.2, -0.15) is 0 Å². The van der Waals surface area contributed by atoms with Gasteiger partial charge in [-0.3, -0.25) is 4.79 Å². The molecule has 0 radical (unpaired) electrons. The Morgan fingerprint density at radius 2 is 1.81 bits per heavy atom. The van der Waals surface area contributed by atoms with E-state index >= 15 is 0 Å². The number of nitrogens with one attached hydrogen (secondary N) is 2. The molecule has 2 N–H and O–H groups in total. The molecule has 26 heavy (non-hydrogen) atoms. The molecular formula is C23H30N2O. The van der Waals surface area contributed by atoms with E-state index in [0.29, 0.717) is 6.04 Å². The average Bonchev–Trinajstić information content (AvgIpc) is 2.68. The normalized spacial score (nSPS) is 21.1. The molecule has 1 aliphatic heterocycles. The van der Waals surface area contributed by atoms with Crippen molar-refractivity contribution in [3.05, 3.63) is 71.8 Å². The van der Waals surface area contributed by atoms with Crippen molar-refractivity contribution in [1.82, 2.24) is 10.6 Å². The van der Waals surface area contributed by atoms with Crippen LogP contribution in [0.2, 0.25) is 0 Å². The van der Waals surface area contributed by atoms with Gasteiger partial charge in [-0.1, -0.05) is 60.7 Å². The van der Waals surface area contributed by atoms with Crippen LogP contribution in [0.1, 0.15) is 49.8 Å². The number of amides is 1. The molecule has 3 heteroatoms. The molecule has 2 aromatic carbocycles. The van der Waals surface area contributed by atoms with Crippen LogP contribution in [0.3, 0.4) is 0 Å².